The van der Waals surface area contributed by atoms with Gasteiger partial charge < -0.3 is 9.73 Å². The molecule has 0 aliphatic carbocycles. The molecule has 1 aromatic carbocycles. The number of pyridine rings is 1. The van der Waals surface area contributed by atoms with Crippen LogP contribution in [0.25, 0.3) is 11.3 Å². The van der Waals surface area contributed by atoms with Crippen molar-refractivity contribution in [3.63, 3.8) is 0 Å². The Morgan fingerprint density at radius 2 is 2.14 bits per heavy atom. The first-order chi connectivity index (χ1) is 10.7. The minimum absolute atomic E-state index is 0.0809. The molecule has 0 aliphatic rings. The fourth-order valence-corrected chi connectivity index (χ4v) is 2.18. The van der Waals surface area contributed by atoms with Gasteiger partial charge in [0.05, 0.1) is 18.2 Å². The van der Waals surface area contributed by atoms with Crippen molar-refractivity contribution in [2.75, 3.05) is 0 Å². The Balaban J connectivity index is 1.63. The number of benzene rings is 1. The first-order valence-electron chi connectivity index (χ1n) is 7.05. The smallest absolute Gasteiger partial charge is 0.251 e. The molecule has 0 unspecified atom stereocenters. The summed E-state index contributed by atoms with van der Waals surface area (Å²) in [6, 6.07) is 13.3. The summed E-state index contributed by atoms with van der Waals surface area (Å²) in [5, 5.41) is 2.90. The Bertz CT molecular complexity index is 762. The highest BCUT2D eigenvalue weighted by Crippen LogP contribution is 2.17. The third-order valence-electron chi connectivity index (χ3n) is 3.38. The van der Waals surface area contributed by atoms with Gasteiger partial charge in [-0.3, -0.25) is 9.78 Å². The van der Waals surface area contributed by atoms with Gasteiger partial charge in [-0.2, -0.15) is 0 Å². The lowest BCUT2D eigenvalue weighted by atomic mass is 10.1. The molecule has 4 nitrogen and oxygen atoms in total. The van der Waals surface area contributed by atoms with Crippen LogP contribution >= 0.6 is 0 Å². The average molecular weight is 292 g/mol. The van der Waals surface area contributed by atoms with Crippen LogP contribution in [0.5, 0.6) is 0 Å². The summed E-state index contributed by atoms with van der Waals surface area (Å²) in [7, 11) is 0. The van der Waals surface area contributed by atoms with E-state index in [1.165, 1.54) is 0 Å². The van der Waals surface area contributed by atoms with Gasteiger partial charge in [0.25, 0.3) is 5.91 Å². The number of nitrogens with zero attached hydrogens (tertiary/aromatic N) is 1. The Morgan fingerprint density at radius 3 is 2.82 bits per heavy atom. The van der Waals surface area contributed by atoms with Crippen LogP contribution in [0.1, 0.15) is 21.5 Å². The number of rotatable bonds is 4. The van der Waals surface area contributed by atoms with Crippen LogP contribution in [-0.4, -0.2) is 10.9 Å². The van der Waals surface area contributed by atoms with E-state index < -0.39 is 0 Å². The van der Waals surface area contributed by atoms with Gasteiger partial charge in [-0.05, 0) is 36.8 Å². The van der Waals surface area contributed by atoms with Crippen LogP contribution in [-0.2, 0) is 6.54 Å². The molecule has 22 heavy (non-hydrogen) atoms. The lowest BCUT2D eigenvalue weighted by Gasteiger charge is -2.06. The van der Waals surface area contributed by atoms with Crippen LogP contribution in [0.3, 0.4) is 0 Å². The van der Waals surface area contributed by atoms with E-state index in [2.05, 4.69) is 10.3 Å². The van der Waals surface area contributed by atoms with Crippen molar-refractivity contribution in [1.82, 2.24) is 10.3 Å². The third-order valence-corrected chi connectivity index (χ3v) is 3.38. The standard InChI is InChI=1S/C18H16N2O2/c1-13-3-2-4-15(9-13)18(21)20-11-14-5-6-17(19-10-14)16-7-8-22-12-16/h2-10,12H,11H2,1H3,(H,20,21). The minimum Gasteiger partial charge on any atom is -0.472 e. The number of furan rings is 1. The van der Waals surface area contributed by atoms with Crippen molar-refractivity contribution >= 4 is 5.91 Å². The van der Waals surface area contributed by atoms with E-state index >= 15 is 0 Å². The molecular formula is C18H16N2O2. The number of carbonyl (C=O) groups excluding carboxylic acids is 1. The summed E-state index contributed by atoms with van der Waals surface area (Å²) < 4.78 is 5.04. The van der Waals surface area contributed by atoms with Gasteiger partial charge in [0, 0.05) is 23.9 Å². The molecule has 0 aliphatic heterocycles. The molecule has 0 radical (unpaired) electrons. The van der Waals surface area contributed by atoms with Crippen LogP contribution < -0.4 is 5.32 Å². The van der Waals surface area contributed by atoms with E-state index in [0.717, 1.165) is 22.4 Å². The normalized spacial score (nSPS) is 10.4. The maximum atomic E-state index is 12.1. The molecule has 0 atom stereocenters. The van der Waals surface area contributed by atoms with Crippen LogP contribution in [0.4, 0.5) is 0 Å². The van der Waals surface area contributed by atoms with Crippen molar-refractivity contribution in [3.8, 4) is 11.3 Å². The van der Waals surface area contributed by atoms with Crippen molar-refractivity contribution in [3.05, 3.63) is 77.9 Å². The zero-order valence-corrected chi connectivity index (χ0v) is 12.2. The van der Waals surface area contributed by atoms with E-state index in [1.54, 1.807) is 18.7 Å². The lowest BCUT2D eigenvalue weighted by Crippen LogP contribution is -2.22. The van der Waals surface area contributed by atoms with Crippen molar-refractivity contribution < 1.29 is 9.21 Å². The summed E-state index contributed by atoms with van der Waals surface area (Å²) in [6.45, 7) is 2.42. The van der Waals surface area contributed by atoms with Gasteiger partial charge in [0.1, 0.15) is 0 Å². The molecule has 0 spiro atoms. The zero-order chi connectivity index (χ0) is 15.4. The highest BCUT2D eigenvalue weighted by atomic mass is 16.3. The quantitative estimate of drug-likeness (QED) is 0.799. The van der Waals surface area contributed by atoms with Crippen LogP contribution in [0.2, 0.25) is 0 Å². The Hall–Kier alpha value is -2.88. The Kier molecular flexibility index (Phi) is 4.01. The lowest BCUT2D eigenvalue weighted by molar-refractivity contribution is 0.0951. The van der Waals surface area contributed by atoms with E-state index in [4.69, 9.17) is 4.42 Å². The van der Waals surface area contributed by atoms with Crippen LogP contribution in [0.15, 0.2) is 65.6 Å². The zero-order valence-electron chi connectivity index (χ0n) is 12.2. The second kappa shape index (κ2) is 6.26. The van der Waals surface area contributed by atoms with E-state index in [9.17, 15) is 4.79 Å². The molecule has 1 N–H and O–H groups in total. The monoisotopic (exact) mass is 292 g/mol. The molecule has 0 saturated carbocycles. The molecule has 2 heterocycles. The number of carbonyl (C=O) groups is 1. The molecule has 3 aromatic rings. The second-order valence-electron chi connectivity index (χ2n) is 5.12. The maximum Gasteiger partial charge on any atom is 0.251 e. The molecule has 0 fully saturated rings. The number of amides is 1. The number of aryl methyl sites for hydroxylation is 1. The van der Waals surface area contributed by atoms with E-state index in [0.29, 0.717) is 12.1 Å². The van der Waals surface area contributed by atoms with Crippen molar-refractivity contribution in [2.45, 2.75) is 13.5 Å². The molecule has 110 valence electrons. The molecular weight excluding hydrogens is 276 g/mol. The second-order valence-corrected chi connectivity index (χ2v) is 5.12. The summed E-state index contributed by atoms with van der Waals surface area (Å²) in [4.78, 5) is 16.5. The Labute approximate surface area is 128 Å². The highest BCUT2D eigenvalue weighted by Gasteiger charge is 2.06. The van der Waals surface area contributed by atoms with Gasteiger partial charge in [-0.15, -0.1) is 0 Å². The number of hydrogen-bond acceptors (Lipinski definition) is 3. The third kappa shape index (κ3) is 3.23. The van der Waals surface area contributed by atoms with E-state index in [-0.39, 0.29) is 5.91 Å². The van der Waals surface area contributed by atoms with E-state index in [1.807, 2.05) is 49.4 Å². The average Bonchev–Trinajstić information content (AvgIpc) is 3.07. The number of nitrogens with one attached hydrogen (secondary N) is 1. The highest BCUT2D eigenvalue weighted by molar-refractivity contribution is 5.94. The van der Waals surface area contributed by atoms with Crippen molar-refractivity contribution in [1.29, 1.82) is 0 Å². The minimum atomic E-state index is -0.0809. The van der Waals surface area contributed by atoms with Crippen molar-refractivity contribution in [2.24, 2.45) is 0 Å². The number of aromatic nitrogens is 1. The number of hydrogen-bond donors (Lipinski definition) is 1. The summed E-state index contributed by atoms with van der Waals surface area (Å²) in [5.74, 6) is -0.0809. The fraction of sp³-hybridized carbons (Fsp3) is 0.111. The molecule has 0 bridgehead atoms. The maximum absolute atomic E-state index is 12.1. The molecule has 1 amide bonds. The van der Waals surface area contributed by atoms with Gasteiger partial charge in [-0.1, -0.05) is 23.8 Å². The van der Waals surface area contributed by atoms with Gasteiger partial charge in [0.15, 0.2) is 0 Å². The Morgan fingerprint density at radius 1 is 1.23 bits per heavy atom. The summed E-state index contributed by atoms with van der Waals surface area (Å²) in [6.07, 6.45) is 5.04. The molecule has 4 heteroatoms. The molecule has 2 aromatic heterocycles. The first kappa shape index (κ1) is 14.1. The largest absolute Gasteiger partial charge is 0.472 e. The predicted octanol–water partition coefficient (Wildman–Crippen LogP) is 3.58. The SMILES string of the molecule is Cc1cccc(C(=O)NCc2ccc(-c3ccoc3)nc2)c1. The van der Waals surface area contributed by atoms with Gasteiger partial charge in [-0.25, -0.2) is 0 Å². The predicted molar refractivity (Wildman–Crippen MR) is 84.3 cm³/mol. The van der Waals surface area contributed by atoms with Gasteiger partial charge >= 0.3 is 0 Å². The van der Waals surface area contributed by atoms with Crippen LogP contribution in [0, 0.1) is 6.92 Å². The first-order valence-corrected chi connectivity index (χ1v) is 7.05. The summed E-state index contributed by atoms with van der Waals surface area (Å²) >= 11 is 0. The summed E-state index contributed by atoms with van der Waals surface area (Å²) in [5.41, 5.74) is 4.48. The molecule has 0 saturated heterocycles. The molecule has 3 rings (SSSR count). The topological polar surface area (TPSA) is 55.1 Å². The fourth-order valence-electron chi connectivity index (χ4n) is 2.18. The van der Waals surface area contributed by atoms with Gasteiger partial charge in [0.2, 0.25) is 0 Å².